The number of fused-ring (bicyclic) bond motifs is 4. The Kier molecular flexibility index (Phi) is 13.2. The molecule has 0 amide bonds. The van der Waals surface area contributed by atoms with E-state index in [-0.39, 0.29) is 47.9 Å². The number of aliphatic hydroxyl groups is 1. The van der Waals surface area contributed by atoms with Gasteiger partial charge in [-0.1, -0.05) is 73.8 Å². The van der Waals surface area contributed by atoms with Crippen LogP contribution in [0.5, 0.6) is 0 Å². The molecule has 47 heavy (non-hydrogen) atoms. The number of aromatic nitrogens is 2. The second-order valence-electron chi connectivity index (χ2n) is 13.4. The zero-order chi connectivity index (χ0) is 33.9. The Labute approximate surface area is 306 Å². The molecule has 3 heterocycles. The maximum absolute atomic E-state index is 12.2. The molecule has 8 heteroatoms. The van der Waals surface area contributed by atoms with Gasteiger partial charge in [0, 0.05) is 62.2 Å². The first-order chi connectivity index (χ1) is 21.7. The molecule has 3 aromatic heterocycles. The second-order valence-corrected chi connectivity index (χ2v) is 16.4. The summed E-state index contributed by atoms with van der Waals surface area (Å²) in [6.07, 6.45) is 6.43. The molecular weight excluding hydrogens is 817 g/mol. The van der Waals surface area contributed by atoms with E-state index in [1.54, 1.807) is 40.8 Å². The normalized spacial score (nSPS) is 12.6. The summed E-state index contributed by atoms with van der Waals surface area (Å²) in [6.45, 7) is 22.7. The van der Waals surface area contributed by atoms with Crippen molar-refractivity contribution in [2.45, 2.75) is 98.3 Å². The molecule has 0 aliphatic rings. The third-order valence-electron chi connectivity index (χ3n) is 9.61. The van der Waals surface area contributed by atoms with E-state index in [0.29, 0.717) is 0 Å². The quantitative estimate of drug-likeness (QED) is 0.0656. The Morgan fingerprint density at radius 2 is 1.64 bits per heavy atom. The van der Waals surface area contributed by atoms with Crippen LogP contribution in [-0.4, -0.2) is 20.9 Å². The number of allylic oxidation sites excluding steroid dienone is 2. The van der Waals surface area contributed by atoms with Gasteiger partial charge in [0.25, 0.3) is 0 Å². The molecule has 0 saturated heterocycles. The molecule has 0 fully saturated rings. The minimum Gasteiger partial charge on any atom is -0.512 e. The van der Waals surface area contributed by atoms with Crippen LogP contribution in [-0.2, 0) is 30.3 Å². The van der Waals surface area contributed by atoms with Crippen molar-refractivity contribution in [1.82, 2.24) is 9.97 Å². The van der Waals surface area contributed by atoms with Crippen LogP contribution in [0.1, 0.15) is 93.6 Å². The Bertz CT molecular complexity index is 1890. The van der Waals surface area contributed by atoms with Gasteiger partial charge >= 0.3 is 0 Å². The molecule has 5 rings (SSSR count). The van der Waals surface area contributed by atoms with Crippen LogP contribution in [0.15, 0.2) is 70.8 Å². The maximum Gasteiger partial charge on any atom is 0.164 e. The fourth-order valence-electron chi connectivity index (χ4n) is 5.29. The minimum atomic E-state index is -0.337. The SMILES string of the molecule is C=CSc1c[c-]c(-c2ncnc3c2sc2cc4ccsc4cc23)cc1C(C)(C)C.CCC(C)(CC)C(=O)/C=C(\O)C(C)(CC)CC.[Ir]. The number of hydrogen-bond donors (Lipinski definition) is 1. The smallest absolute Gasteiger partial charge is 0.164 e. The summed E-state index contributed by atoms with van der Waals surface area (Å²) in [6, 6.07) is 14.5. The van der Waals surface area contributed by atoms with E-state index in [9.17, 15) is 9.90 Å². The zero-order valence-corrected chi connectivity index (χ0v) is 33.9. The van der Waals surface area contributed by atoms with Gasteiger partial charge in [-0.25, -0.2) is 4.98 Å². The van der Waals surface area contributed by atoms with Crippen molar-refractivity contribution < 1.29 is 30.0 Å². The van der Waals surface area contributed by atoms with Gasteiger partial charge in [-0.2, -0.15) is 11.8 Å². The van der Waals surface area contributed by atoms with Gasteiger partial charge in [-0.05, 0) is 65.5 Å². The van der Waals surface area contributed by atoms with E-state index in [0.717, 1.165) is 47.2 Å². The number of hydrogen-bond acceptors (Lipinski definition) is 7. The maximum atomic E-state index is 12.2. The zero-order valence-electron chi connectivity index (χ0n) is 29.0. The van der Waals surface area contributed by atoms with Crippen molar-refractivity contribution in [2.75, 3.05) is 0 Å². The summed E-state index contributed by atoms with van der Waals surface area (Å²) in [5.74, 6) is 0.286. The van der Waals surface area contributed by atoms with E-state index in [1.165, 1.54) is 36.7 Å². The van der Waals surface area contributed by atoms with E-state index < -0.39 is 0 Å². The number of nitrogens with zero attached hydrogens (tertiary/aromatic N) is 2. The van der Waals surface area contributed by atoms with Crippen LogP contribution in [0.25, 0.3) is 41.6 Å². The number of aliphatic hydroxyl groups excluding tert-OH is 1. The summed E-state index contributed by atoms with van der Waals surface area (Å²) in [4.78, 5) is 22.7. The van der Waals surface area contributed by atoms with Gasteiger partial charge in [0.1, 0.15) is 12.1 Å². The molecule has 5 aromatic rings. The molecule has 0 saturated carbocycles. The third-order valence-corrected chi connectivity index (χ3v) is 12.4. The van der Waals surface area contributed by atoms with E-state index in [1.807, 2.05) is 47.0 Å². The molecule has 2 aromatic carbocycles. The standard InChI is InChI=1S/C24H19N2S3.C15H28O2.Ir/c1-5-27-18-7-6-15(10-17(18)24(2,3)4)21-23-22(26-13-25-21)16-12-19-14(8-9-28-19)11-20(16)29-23;1-7-14(5,8-2)12(16)11-13(17)15(6,9-3)10-4;/h5,7-13H,1H2,2-4H3;11,16H,7-10H2,1-6H3;/q-1;;/b;12-11-;. The number of ketones is 1. The summed E-state index contributed by atoms with van der Waals surface area (Å²) >= 11 is 5.18. The Morgan fingerprint density at radius 1 is 0.979 bits per heavy atom. The van der Waals surface area contributed by atoms with Gasteiger partial charge in [-0.3, -0.25) is 9.78 Å². The van der Waals surface area contributed by atoms with Gasteiger partial charge in [-0.15, -0.1) is 52.0 Å². The molecule has 0 atom stereocenters. The summed E-state index contributed by atoms with van der Waals surface area (Å²) in [5, 5.41) is 16.6. The molecule has 4 nitrogen and oxygen atoms in total. The minimum absolute atomic E-state index is 0. The monoisotopic (exact) mass is 864 g/mol. The van der Waals surface area contributed by atoms with Gasteiger partial charge < -0.3 is 5.11 Å². The van der Waals surface area contributed by atoms with Gasteiger partial charge in [0.2, 0.25) is 0 Å². The Morgan fingerprint density at radius 3 is 2.23 bits per heavy atom. The average Bonchev–Trinajstić information content (AvgIpc) is 3.66. The van der Waals surface area contributed by atoms with E-state index in [2.05, 4.69) is 79.1 Å². The van der Waals surface area contributed by atoms with Crippen molar-refractivity contribution in [3.63, 3.8) is 0 Å². The van der Waals surface area contributed by atoms with E-state index in [4.69, 9.17) is 0 Å². The summed E-state index contributed by atoms with van der Waals surface area (Å²) in [5.41, 5.74) is 3.70. The molecule has 1 radical (unpaired) electrons. The first-order valence-corrected chi connectivity index (χ1v) is 18.7. The molecule has 0 unspecified atom stereocenters. The molecule has 253 valence electrons. The molecular formula is C39H47IrN2O2S3-. The molecule has 0 aliphatic heterocycles. The molecule has 0 bridgehead atoms. The fraction of sp³-hybridized carbons (Fsp3) is 0.410. The van der Waals surface area contributed by atoms with Crippen LogP contribution < -0.4 is 0 Å². The van der Waals surface area contributed by atoms with Crippen LogP contribution in [0.2, 0.25) is 0 Å². The Balaban J connectivity index is 0.000000290. The average molecular weight is 864 g/mol. The van der Waals surface area contributed by atoms with Crippen molar-refractivity contribution in [3.8, 4) is 11.3 Å². The number of benzene rings is 2. The topological polar surface area (TPSA) is 63.1 Å². The van der Waals surface area contributed by atoms with Gasteiger partial charge in [0.05, 0.1) is 5.52 Å². The third kappa shape index (κ3) is 8.28. The van der Waals surface area contributed by atoms with Crippen LogP contribution >= 0.6 is 34.4 Å². The fourth-order valence-corrected chi connectivity index (χ4v) is 8.09. The van der Waals surface area contributed by atoms with E-state index >= 15 is 0 Å². The first kappa shape index (κ1) is 39.1. The summed E-state index contributed by atoms with van der Waals surface area (Å²) < 4.78 is 3.67. The Hall–Kier alpha value is -2.35. The van der Waals surface area contributed by atoms with Crippen molar-refractivity contribution in [1.29, 1.82) is 0 Å². The first-order valence-electron chi connectivity index (χ1n) is 16.1. The largest absolute Gasteiger partial charge is 0.512 e. The number of thiophene rings is 2. The van der Waals surface area contributed by atoms with Crippen molar-refractivity contribution in [3.05, 3.63) is 77.5 Å². The predicted octanol–water partition coefficient (Wildman–Crippen LogP) is 12.7. The van der Waals surface area contributed by atoms with Crippen LogP contribution in [0.3, 0.4) is 0 Å². The number of carbonyl (C=O) groups excluding carboxylic acids is 1. The van der Waals surface area contributed by atoms with Crippen LogP contribution in [0, 0.1) is 16.9 Å². The second kappa shape index (κ2) is 15.9. The molecule has 0 spiro atoms. The summed E-state index contributed by atoms with van der Waals surface area (Å²) in [7, 11) is 0. The number of carbonyl (C=O) groups is 1. The molecule has 1 N–H and O–H groups in total. The van der Waals surface area contributed by atoms with Crippen molar-refractivity contribution >= 4 is 70.6 Å². The van der Waals surface area contributed by atoms with Crippen molar-refractivity contribution in [2.24, 2.45) is 10.8 Å². The molecule has 0 aliphatic carbocycles. The number of rotatable bonds is 10. The van der Waals surface area contributed by atoms with Gasteiger partial charge in [0.15, 0.2) is 5.78 Å². The number of thioether (sulfide) groups is 1. The van der Waals surface area contributed by atoms with Crippen LogP contribution in [0.4, 0.5) is 0 Å². The predicted molar refractivity (Wildman–Crippen MR) is 202 cm³/mol.